The van der Waals surface area contributed by atoms with E-state index in [0.717, 1.165) is 30.3 Å². The Morgan fingerprint density at radius 2 is 1.58 bits per heavy atom. The maximum absolute atomic E-state index is 13.4. The molecule has 1 aromatic carbocycles. The lowest BCUT2D eigenvalue weighted by Gasteiger charge is -2.09. The molecule has 0 saturated heterocycles. The predicted molar refractivity (Wildman–Crippen MR) is 98.4 cm³/mol. The highest BCUT2D eigenvalue weighted by molar-refractivity contribution is 5.63. The highest BCUT2D eigenvalue weighted by Gasteiger charge is 2.30. The first kappa shape index (κ1) is 20.3. The van der Waals surface area contributed by atoms with Gasteiger partial charge >= 0.3 is 6.18 Å². The minimum atomic E-state index is -4.53. The normalized spacial score (nSPS) is 11.8. The molecule has 0 aliphatic carbocycles. The molecule has 0 radical (unpaired) electrons. The molecule has 7 nitrogen and oxygen atoms in total. The molecule has 4 aromatic rings. The van der Waals surface area contributed by atoms with Crippen molar-refractivity contribution in [2.75, 3.05) is 5.73 Å². The van der Waals surface area contributed by atoms with Gasteiger partial charge in [0.1, 0.15) is 11.5 Å². The minimum absolute atomic E-state index is 0.0251. The van der Waals surface area contributed by atoms with Crippen molar-refractivity contribution in [3.05, 3.63) is 59.9 Å². The van der Waals surface area contributed by atoms with E-state index in [0.29, 0.717) is 5.56 Å². The molecule has 31 heavy (non-hydrogen) atoms. The van der Waals surface area contributed by atoms with E-state index >= 15 is 0 Å². The van der Waals surface area contributed by atoms with Gasteiger partial charge in [0.05, 0.1) is 11.3 Å². The quantitative estimate of drug-likeness (QED) is 0.461. The molecule has 0 unspecified atom stereocenters. The fourth-order valence-electron chi connectivity index (χ4n) is 2.62. The molecular formula is C19H11F5N6O. The van der Waals surface area contributed by atoms with E-state index in [1.165, 1.54) is 12.3 Å². The topological polar surface area (TPSA) is 104 Å². The third-order valence-corrected chi connectivity index (χ3v) is 4.14. The van der Waals surface area contributed by atoms with Crippen LogP contribution in [0.25, 0.3) is 34.4 Å². The van der Waals surface area contributed by atoms with Crippen LogP contribution >= 0.6 is 0 Å². The van der Waals surface area contributed by atoms with Crippen LogP contribution in [-0.2, 0) is 6.18 Å². The number of hydrogen-bond donors (Lipinski definition) is 1. The van der Waals surface area contributed by atoms with E-state index in [1.807, 2.05) is 0 Å². The zero-order chi connectivity index (χ0) is 22.2. The number of halogens is 5. The number of pyridine rings is 1. The van der Waals surface area contributed by atoms with Gasteiger partial charge in [-0.15, -0.1) is 0 Å². The smallest absolute Gasteiger partial charge is 0.384 e. The summed E-state index contributed by atoms with van der Waals surface area (Å²) in [4.78, 5) is 15.8. The number of aromatic nitrogens is 5. The van der Waals surface area contributed by atoms with Crippen molar-refractivity contribution in [3.8, 4) is 34.4 Å². The van der Waals surface area contributed by atoms with Crippen LogP contribution in [0.5, 0.6) is 0 Å². The number of nitrogens with two attached hydrogens (primary N) is 1. The molecular weight excluding hydrogens is 423 g/mol. The maximum atomic E-state index is 13.4. The highest BCUT2D eigenvalue weighted by Crippen LogP contribution is 2.32. The first-order valence-corrected chi connectivity index (χ1v) is 8.61. The van der Waals surface area contributed by atoms with Gasteiger partial charge in [0.25, 0.3) is 12.3 Å². The molecule has 0 spiro atoms. The standard InChI is InChI=1S/C19H11F5N6O/c20-15(21)13-7-12(9-1-4-11(5-2-9)19(22,23)24)27-17(28-13)18-29-16(30-31-18)10-3-6-14(25)26-8-10/h1-8,15H,(H2,25,26). The molecule has 158 valence electrons. The number of benzene rings is 1. The summed E-state index contributed by atoms with van der Waals surface area (Å²) in [6.07, 6.45) is -6.09. The van der Waals surface area contributed by atoms with Crippen molar-refractivity contribution in [1.29, 1.82) is 0 Å². The Morgan fingerprint density at radius 1 is 0.871 bits per heavy atom. The first-order valence-electron chi connectivity index (χ1n) is 8.61. The zero-order valence-corrected chi connectivity index (χ0v) is 15.3. The van der Waals surface area contributed by atoms with Crippen LogP contribution in [-0.4, -0.2) is 25.1 Å². The van der Waals surface area contributed by atoms with Gasteiger partial charge in [-0.3, -0.25) is 0 Å². The molecule has 0 atom stereocenters. The predicted octanol–water partition coefficient (Wildman–Crippen LogP) is 4.79. The average Bonchev–Trinajstić information content (AvgIpc) is 3.24. The Kier molecular flexibility index (Phi) is 5.05. The van der Waals surface area contributed by atoms with Crippen molar-refractivity contribution < 1.29 is 26.5 Å². The third-order valence-electron chi connectivity index (χ3n) is 4.14. The summed E-state index contributed by atoms with van der Waals surface area (Å²) in [7, 11) is 0. The third kappa shape index (κ3) is 4.32. The molecule has 0 aliphatic heterocycles. The zero-order valence-electron chi connectivity index (χ0n) is 15.3. The lowest BCUT2D eigenvalue weighted by Crippen LogP contribution is -2.04. The van der Waals surface area contributed by atoms with Crippen molar-refractivity contribution in [2.24, 2.45) is 0 Å². The van der Waals surface area contributed by atoms with Crippen LogP contribution in [0.1, 0.15) is 17.7 Å². The van der Waals surface area contributed by atoms with E-state index in [1.54, 1.807) is 6.07 Å². The Morgan fingerprint density at radius 3 is 2.19 bits per heavy atom. The summed E-state index contributed by atoms with van der Waals surface area (Å²) in [6.45, 7) is 0. The Hall–Kier alpha value is -3.96. The van der Waals surface area contributed by atoms with Gasteiger partial charge in [0.2, 0.25) is 11.6 Å². The van der Waals surface area contributed by atoms with E-state index < -0.39 is 23.9 Å². The van der Waals surface area contributed by atoms with Crippen LogP contribution in [0.2, 0.25) is 0 Å². The van der Waals surface area contributed by atoms with Gasteiger partial charge in [0.15, 0.2) is 0 Å². The van der Waals surface area contributed by atoms with Gasteiger partial charge in [-0.25, -0.2) is 23.7 Å². The molecule has 2 N–H and O–H groups in total. The SMILES string of the molecule is Nc1ccc(-c2noc(-c3nc(-c4ccc(C(F)(F)F)cc4)cc(C(F)F)n3)n2)cn1. The Bertz CT molecular complexity index is 1210. The summed E-state index contributed by atoms with van der Waals surface area (Å²) in [5.74, 6) is -0.163. The van der Waals surface area contributed by atoms with Crippen LogP contribution in [0.4, 0.5) is 27.8 Å². The second-order valence-corrected chi connectivity index (χ2v) is 6.27. The number of nitrogens with zero attached hydrogens (tertiary/aromatic N) is 5. The van der Waals surface area contributed by atoms with Crippen LogP contribution in [0.15, 0.2) is 53.2 Å². The summed E-state index contributed by atoms with van der Waals surface area (Å²) in [5, 5.41) is 3.75. The van der Waals surface area contributed by atoms with Gasteiger partial charge in [0, 0.05) is 17.3 Å². The second kappa shape index (κ2) is 7.70. The molecule has 12 heteroatoms. The first-order chi connectivity index (χ1) is 14.7. The van der Waals surface area contributed by atoms with Crippen molar-refractivity contribution in [3.63, 3.8) is 0 Å². The summed E-state index contributed by atoms with van der Waals surface area (Å²) in [5.41, 5.74) is 4.61. The molecule has 0 bridgehead atoms. The molecule has 0 saturated carbocycles. The van der Waals surface area contributed by atoms with E-state index in [4.69, 9.17) is 10.3 Å². The highest BCUT2D eigenvalue weighted by atomic mass is 19.4. The lowest BCUT2D eigenvalue weighted by molar-refractivity contribution is -0.137. The van der Waals surface area contributed by atoms with Gasteiger partial charge < -0.3 is 10.3 Å². The van der Waals surface area contributed by atoms with Gasteiger partial charge in [-0.05, 0) is 30.3 Å². The Balaban J connectivity index is 1.74. The summed E-state index contributed by atoms with van der Waals surface area (Å²) < 4.78 is 70.1. The summed E-state index contributed by atoms with van der Waals surface area (Å²) >= 11 is 0. The minimum Gasteiger partial charge on any atom is -0.384 e. The fourth-order valence-corrected chi connectivity index (χ4v) is 2.62. The van der Waals surface area contributed by atoms with Crippen molar-refractivity contribution >= 4 is 5.82 Å². The van der Waals surface area contributed by atoms with Crippen LogP contribution < -0.4 is 5.73 Å². The van der Waals surface area contributed by atoms with Crippen molar-refractivity contribution in [1.82, 2.24) is 25.1 Å². The fraction of sp³-hybridized carbons (Fsp3) is 0.105. The number of hydrogen-bond acceptors (Lipinski definition) is 7. The van der Waals surface area contributed by atoms with Crippen molar-refractivity contribution in [2.45, 2.75) is 12.6 Å². The van der Waals surface area contributed by atoms with Crippen LogP contribution in [0, 0.1) is 0 Å². The average molecular weight is 434 g/mol. The molecule has 3 heterocycles. The maximum Gasteiger partial charge on any atom is 0.416 e. The van der Waals surface area contributed by atoms with Gasteiger partial charge in [-0.2, -0.15) is 18.2 Å². The van der Waals surface area contributed by atoms with Crippen LogP contribution in [0.3, 0.4) is 0 Å². The second-order valence-electron chi connectivity index (χ2n) is 6.27. The molecule has 0 fully saturated rings. The molecule has 0 aliphatic rings. The van der Waals surface area contributed by atoms with E-state index in [9.17, 15) is 22.0 Å². The van der Waals surface area contributed by atoms with Gasteiger partial charge in [-0.1, -0.05) is 17.3 Å². The number of nitrogen functional groups attached to an aromatic ring is 1. The summed E-state index contributed by atoms with van der Waals surface area (Å²) in [6, 6.07) is 8.00. The monoisotopic (exact) mass is 434 g/mol. The lowest BCUT2D eigenvalue weighted by atomic mass is 10.1. The largest absolute Gasteiger partial charge is 0.416 e. The molecule has 0 amide bonds. The molecule has 4 rings (SSSR count). The van der Waals surface area contributed by atoms with E-state index in [2.05, 4.69) is 25.1 Å². The number of anilines is 1. The molecule has 3 aromatic heterocycles. The Labute approximate surface area is 170 Å². The number of alkyl halides is 5. The van der Waals surface area contributed by atoms with E-state index in [-0.39, 0.29) is 34.6 Å². The number of rotatable bonds is 4.